The molecule has 20 heavy (non-hydrogen) atoms. The number of hydrogen-bond acceptors (Lipinski definition) is 5. The van der Waals surface area contributed by atoms with Crippen LogP contribution in [0.1, 0.15) is 24.8 Å². The lowest BCUT2D eigenvalue weighted by molar-refractivity contribution is 0.199. The summed E-state index contributed by atoms with van der Waals surface area (Å²) in [5, 5.41) is 12.5. The summed E-state index contributed by atoms with van der Waals surface area (Å²) in [7, 11) is 1.70. The lowest BCUT2D eigenvalue weighted by Crippen LogP contribution is -2.42. The van der Waals surface area contributed by atoms with Crippen LogP contribution in [0.5, 0.6) is 0 Å². The van der Waals surface area contributed by atoms with E-state index in [2.05, 4.69) is 27.3 Å². The van der Waals surface area contributed by atoms with E-state index in [1.165, 1.54) is 24.8 Å². The number of aliphatic hydroxyl groups is 1. The van der Waals surface area contributed by atoms with E-state index in [0.29, 0.717) is 12.6 Å². The Morgan fingerprint density at radius 2 is 2.30 bits per heavy atom. The van der Waals surface area contributed by atoms with Crippen LogP contribution in [0, 0.1) is 0 Å². The fourth-order valence-corrected chi connectivity index (χ4v) is 2.39. The summed E-state index contributed by atoms with van der Waals surface area (Å²) in [4.78, 5) is 6.77. The zero-order valence-corrected chi connectivity index (χ0v) is 12.2. The Balaban J connectivity index is 1.88. The fourth-order valence-electron chi connectivity index (χ4n) is 2.39. The van der Waals surface area contributed by atoms with Crippen molar-refractivity contribution in [1.29, 1.82) is 0 Å². The van der Waals surface area contributed by atoms with Gasteiger partial charge < -0.3 is 20.1 Å². The smallest absolute Gasteiger partial charge is 0.128 e. The van der Waals surface area contributed by atoms with Crippen molar-refractivity contribution in [3.05, 3.63) is 23.9 Å². The number of ether oxygens (including phenoxy) is 1. The molecule has 112 valence electrons. The molecule has 5 nitrogen and oxygen atoms in total. The van der Waals surface area contributed by atoms with E-state index < -0.39 is 0 Å². The molecule has 1 aromatic heterocycles. The number of pyridine rings is 1. The Hall–Kier alpha value is -1.17. The van der Waals surface area contributed by atoms with Gasteiger partial charge in [0.1, 0.15) is 5.82 Å². The second-order valence-corrected chi connectivity index (χ2v) is 5.20. The lowest BCUT2D eigenvalue weighted by Gasteiger charge is -2.38. The van der Waals surface area contributed by atoms with Gasteiger partial charge in [0.2, 0.25) is 0 Å². The minimum atomic E-state index is 0.179. The molecule has 1 heterocycles. The van der Waals surface area contributed by atoms with Gasteiger partial charge in [-0.1, -0.05) is 6.07 Å². The van der Waals surface area contributed by atoms with Crippen molar-refractivity contribution < 1.29 is 9.84 Å². The molecule has 2 N–H and O–H groups in total. The normalized spacial score (nSPS) is 15.1. The summed E-state index contributed by atoms with van der Waals surface area (Å²) < 4.78 is 4.99. The first-order valence-corrected chi connectivity index (χ1v) is 7.37. The van der Waals surface area contributed by atoms with Gasteiger partial charge in [0.15, 0.2) is 0 Å². The van der Waals surface area contributed by atoms with Crippen LogP contribution in [-0.2, 0) is 11.3 Å². The molecule has 0 radical (unpaired) electrons. The van der Waals surface area contributed by atoms with Gasteiger partial charge in [0, 0.05) is 39.0 Å². The molecule has 1 fully saturated rings. The fraction of sp³-hybridized carbons (Fsp3) is 0.667. The van der Waals surface area contributed by atoms with Crippen LogP contribution in [-0.4, -0.2) is 49.5 Å². The Bertz CT molecular complexity index is 379. The first kappa shape index (κ1) is 15.2. The van der Waals surface area contributed by atoms with Crippen molar-refractivity contribution in [2.24, 2.45) is 0 Å². The molecule has 2 rings (SSSR count). The molecular formula is C15H25N3O2. The van der Waals surface area contributed by atoms with Gasteiger partial charge >= 0.3 is 0 Å². The summed E-state index contributed by atoms with van der Waals surface area (Å²) in [5.41, 5.74) is 1.17. The molecule has 0 saturated heterocycles. The molecule has 0 unspecified atom stereocenters. The largest absolute Gasteiger partial charge is 0.395 e. The topological polar surface area (TPSA) is 57.6 Å². The molecule has 0 spiro atoms. The SMILES string of the molecule is COCCNCc1ccc(N(CCO)C2CCC2)nc1. The summed E-state index contributed by atoms with van der Waals surface area (Å²) in [5.74, 6) is 0.976. The highest BCUT2D eigenvalue weighted by Crippen LogP contribution is 2.28. The molecule has 1 aliphatic rings. The van der Waals surface area contributed by atoms with Crippen molar-refractivity contribution in [2.75, 3.05) is 38.3 Å². The number of methoxy groups -OCH3 is 1. The average molecular weight is 279 g/mol. The third-order valence-electron chi connectivity index (χ3n) is 3.77. The highest BCUT2D eigenvalue weighted by molar-refractivity contribution is 5.41. The van der Waals surface area contributed by atoms with Gasteiger partial charge in [0.05, 0.1) is 13.2 Å². The van der Waals surface area contributed by atoms with Crippen LogP contribution < -0.4 is 10.2 Å². The second-order valence-electron chi connectivity index (χ2n) is 5.20. The van der Waals surface area contributed by atoms with Crippen LogP contribution in [0.3, 0.4) is 0 Å². The number of anilines is 1. The van der Waals surface area contributed by atoms with E-state index in [1.54, 1.807) is 7.11 Å². The molecule has 0 aliphatic heterocycles. The number of rotatable bonds is 9. The molecule has 5 heteroatoms. The van der Waals surface area contributed by atoms with Crippen LogP contribution in [0.2, 0.25) is 0 Å². The predicted octanol–water partition coefficient (Wildman–Crippen LogP) is 1.17. The van der Waals surface area contributed by atoms with Gasteiger partial charge in [-0.05, 0) is 30.9 Å². The standard InChI is InChI=1S/C15H25N3O2/c1-20-10-7-16-11-13-5-6-15(17-12-13)18(8-9-19)14-3-2-4-14/h5-6,12,14,16,19H,2-4,7-11H2,1H3. The third-order valence-corrected chi connectivity index (χ3v) is 3.77. The Kier molecular flexibility index (Phi) is 6.24. The van der Waals surface area contributed by atoms with Crippen molar-refractivity contribution in [1.82, 2.24) is 10.3 Å². The number of aliphatic hydroxyl groups excluding tert-OH is 1. The van der Waals surface area contributed by atoms with Crippen molar-refractivity contribution in [3.63, 3.8) is 0 Å². The summed E-state index contributed by atoms with van der Waals surface area (Å²) in [6, 6.07) is 4.72. The number of aromatic nitrogens is 1. The zero-order valence-electron chi connectivity index (χ0n) is 12.2. The van der Waals surface area contributed by atoms with Gasteiger partial charge in [0.25, 0.3) is 0 Å². The minimum absolute atomic E-state index is 0.179. The highest BCUT2D eigenvalue weighted by Gasteiger charge is 2.25. The van der Waals surface area contributed by atoms with Gasteiger partial charge in [-0.25, -0.2) is 4.98 Å². The number of hydrogen-bond donors (Lipinski definition) is 2. The lowest BCUT2D eigenvalue weighted by atomic mass is 9.91. The van der Waals surface area contributed by atoms with Crippen molar-refractivity contribution in [3.8, 4) is 0 Å². The minimum Gasteiger partial charge on any atom is -0.395 e. The molecule has 0 amide bonds. The van der Waals surface area contributed by atoms with Crippen molar-refractivity contribution >= 4 is 5.82 Å². The Morgan fingerprint density at radius 1 is 1.45 bits per heavy atom. The van der Waals surface area contributed by atoms with Gasteiger partial charge in [-0.3, -0.25) is 0 Å². The van der Waals surface area contributed by atoms with E-state index in [4.69, 9.17) is 4.74 Å². The Morgan fingerprint density at radius 3 is 2.85 bits per heavy atom. The Labute approximate surface area is 121 Å². The molecule has 1 aromatic rings. The van der Waals surface area contributed by atoms with E-state index in [1.807, 2.05) is 6.20 Å². The molecule has 1 aliphatic carbocycles. The van der Waals surface area contributed by atoms with Crippen LogP contribution in [0.15, 0.2) is 18.3 Å². The maximum atomic E-state index is 9.20. The van der Waals surface area contributed by atoms with Crippen LogP contribution in [0.4, 0.5) is 5.82 Å². The summed E-state index contributed by atoms with van der Waals surface area (Å²) in [6.07, 6.45) is 5.62. The van der Waals surface area contributed by atoms with E-state index in [9.17, 15) is 5.11 Å². The molecule has 0 bridgehead atoms. The summed E-state index contributed by atoms with van der Waals surface area (Å²) in [6.45, 7) is 3.22. The summed E-state index contributed by atoms with van der Waals surface area (Å²) >= 11 is 0. The number of nitrogens with one attached hydrogen (secondary N) is 1. The van der Waals surface area contributed by atoms with E-state index in [-0.39, 0.29) is 6.61 Å². The predicted molar refractivity (Wildman–Crippen MR) is 79.9 cm³/mol. The van der Waals surface area contributed by atoms with Gasteiger partial charge in [-0.15, -0.1) is 0 Å². The highest BCUT2D eigenvalue weighted by atomic mass is 16.5. The molecule has 0 aromatic carbocycles. The van der Waals surface area contributed by atoms with Crippen LogP contribution in [0.25, 0.3) is 0 Å². The molecule has 0 atom stereocenters. The molecular weight excluding hydrogens is 254 g/mol. The molecule has 1 saturated carbocycles. The zero-order chi connectivity index (χ0) is 14.2. The quantitative estimate of drug-likeness (QED) is 0.665. The maximum Gasteiger partial charge on any atom is 0.128 e. The first-order valence-electron chi connectivity index (χ1n) is 7.37. The van der Waals surface area contributed by atoms with E-state index >= 15 is 0 Å². The van der Waals surface area contributed by atoms with E-state index in [0.717, 1.165) is 25.5 Å². The maximum absolute atomic E-state index is 9.20. The average Bonchev–Trinajstić information content (AvgIpc) is 2.42. The monoisotopic (exact) mass is 279 g/mol. The number of nitrogens with zero attached hydrogens (tertiary/aromatic N) is 2. The second kappa shape index (κ2) is 8.19. The van der Waals surface area contributed by atoms with Crippen molar-refractivity contribution in [2.45, 2.75) is 31.8 Å². The van der Waals surface area contributed by atoms with Crippen LogP contribution >= 0.6 is 0 Å². The third kappa shape index (κ3) is 4.16. The van der Waals surface area contributed by atoms with Gasteiger partial charge in [-0.2, -0.15) is 0 Å². The first-order chi connectivity index (χ1) is 9.85.